The SMILES string of the molecule is Cc1ccc(OCC(O)CCNc2ccccc2)cc1. The smallest absolute Gasteiger partial charge is 0.119 e. The van der Waals surface area contributed by atoms with Crippen LogP contribution >= 0.6 is 0 Å². The Bertz CT molecular complexity index is 496. The summed E-state index contributed by atoms with van der Waals surface area (Å²) in [5.74, 6) is 0.797. The molecule has 0 saturated heterocycles. The van der Waals surface area contributed by atoms with Crippen molar-refractivity contribution in [2.75, 3.05) is 18.5 Å². The number of hydrogen-bond acceptors (Lipinski definition) is 3. The van der Waals surface area contributed by atoms with Crippen LogP contribution in [0.4, 0.5) is 5.69 Å². The minimum absolute atomic E-state index is 0.319. The van der Waals surface area contributed by atoms with Gasteiger partial charge in [-0.2, -0.15) is 0 Å². The highest BCUT2D eigenvalue weighted by molar-refractivity contribution is 5.42. The fraction of sp³-hybridized carbons (Fsp3) is 0.294. The Morgan fingerprint density at radius 1 is 1.05 bits per heavy atom. The quantitative estimate of drug-likeness (QED) is 0.812. The first-order valence-electron chi connectivity index (χ1n) is 6.90. The topological polar surface area (TPSA) is 41.5 Å². The molecule has 0 spiro atoms. The van der Waals surface area contributed by atoms with Crippen molar-refractivity contribution in [3.8, 4) is 5.75 Å². The van der Waals surface area contributed by atoms with Gasteiger partial charge in [-0.1, -0.05) is 35.9 Å². The molecule has 2 rings (SSSR count). The minimum Gasteiger partial charge on any atom is -0.491 e. The molecule has 2 aromatic rings. The number of hydrogen-bond donors (Lipinski definition) is 2. The molecule has 2 aromatic carbocycles. The molecule has 3 nitrogen and oxygen atoms in total. The second-order valence-electron chi connectivity index (χ2n) is 4.86. The first kappa shape index (κ1) is 14.4. The largest absolute Gasteiger partial charge is 0.491 e. The molecule has 0 fully saturated rings. The van der Waals surface area contributed by atoms with Crippen molar-refractivity contribution >= 4 is 5.69 Å². The van der Waals surface area contributed by atoms with Gasteiger partial charge in [0.25, 0.3) is 0 Å². The Kier molecular flexibility index (Phi) is 5.44. The standard InChI is InChI=1S/C17H21NO2/c1-14-7-9-17(10-8-14)20-13-16(19)11-12-18-15-5-3-2-4-6-15/h2-10,16,18-19H,11-13H2,1H3. The molecule has 3 heteroatoms. The zero-order valence-corrected chi connectivity index (χ0v) is 11.8. The Morgan fingerprint density at radius 2 is 1.75 bits per heavy atom. The van der Waals surface area contributed by atoms with E-state index in [0.717, 1.165) is 18.0 Å². The summed E-state index contributed by atoms with van der Waals surface area (Å²) in [5, 5.41) is 13.1. The lowest BCUT2D eigenvalue weighted by Crippen LogP contribution is -2.21. The van der Waals surface area contributed by atoms with Crippen molar-refractivity contribution < 1.29 is 9.84 Å². The van der Waals surface area contributed by atoms with Gasteiger partial charge in [0.15, 0.2) is 0 Å². The van der Waals surface area contributed by atoms with Crippen molar-refractivity contribution in [3.05, 3.63) is 60.2 Å². The predicted molar refractivity (Wildman–Crippen MR) is 82.2 cm³/mol. The molecular formula is C17H21NO2. The number of aliphatic hydroxyl groups is 1. The fourth-order valence-electron chi connectivity index (χ4n) is 1.85. The Morgan fingerprint density at radius 3 is 2.45 bits per heavy atom. The number of benzene rings is 2. The van der Waals surface area contributed by atoms with Crippen molar-refractivity contribution in [2.45, 2.75) is 19.4 Å². The number of para-hydroxylation sites is 1. The predicted octanol–water partition coefficient (Wildman–Crippen LogP) is 3.24. The van der Waals surface area contributed by atoms with Crippen LogP contribution in [0.3, 0.4) is 0 Å². The molecule has 2 N–H and O–H groups in total. The lowest BCUT2D eigenvalue weighted by atomic mass is 10.2. The number of ether oxygens (including phenoxy) is 1. The van der Waals surface area contributed by atoms with Crippen molar-refractivity contribution in [1.82, 2.24) is 0 Å². The minimum atomic E-state index is -0.465. The number of aryl methyl sites for hydroxylation is 1. The van der Waals surface area contributed by atoms with Gasteiger partial charge < -0.3 is 15.2 Å². The van der Waals surface area contributed by atoms with Crippen LogP contribution in [0.2, 0.25) is 0 Å². The van der Waals surface area contributed by atoms with E-state index in [1.54, 1.807) is 0 Å². The van der Waals surface area contributed by atoms with Crippen LogP contribution in [0, 0.1) is 6.92 Å². The second kappa shape index (κ2) is 7.56. The summed E-state index contributed by atoms with van der Waals surface area (Å²) in [6.45, 7) is 3.08. The molecule has 0 aliphatic rings. The molecule has 0 saturated carbocycles. The third-order valence-corrected chi connectivity index (χ3v) is 3.04. The molecule has 1 unspecified atom stereocenters. The maximum absolute atomic E-state index is 9.88. The highest BCUT2D eigenvalue weighted by atomic mass is 16.5. The van der Waals surface area contributed by atoms with Gasteiger partial charge in [-0.25, -0.2) is 0 Å². The lowest BCUT2D eigenvalue weighted by Gasteiger charge is -2.13. The summed E-state index contributed by atoms with van der Waals surface area (Å²) >= 11 is 0. The van der Waals surface area contributed by atoms with Crippen LogP contribution in [-0.4, -0.2) is 24.4 Å². The van der Waals surface area contributed by atoms with Crippen molar-refractivity contribution in [3.63, 3.8) is 0 Å². The highest BCUT2D eigenvalue weighted by Gasteiger charge is 2.05. The van der Waals surface area contributed by atoms with Gasteiger partial charge in [0, 0.05) is 12.2 Å². The Labute approximate surface area is 120 Å². The van der Waals surface area contributed by atoms with Crippen LogP contribution in [0.5, 0.6) is 5.75 Å². The van der Waals surface area contributed by atoms with E-state index in [1.165, 1.54) is 5.56 Å². The maximum Gasteiger partial charge on any atom is 0.119 e. The summed E-state index contributed by atoms with van der Waals surface area (Å²) in [6, 6.07) is 17.8. The van der Waals surface area contributed by atoms with E-state index in [0.29, 0.717) is 13.0 Å². The molecule has 0 amide bonds. The van der Waals surface area contributed by atoms with E-state index in [1.807, 2.05) is 61.5 Å². The van der Waals surface area contributed by atoms with E-state index in [2.05, 4.69) is 5.32 Å². The van der Waals surface area contributed by atoms with Gasteiger partial charge in [0.1, 0.15) is 12.4 Å². The van der Waals surface area contributed by atoms with Crippen LogP contribution in [-0.2, 0) is 0 Å². The van der Waals surface area contributed by atoms with Gasteiger partial charge in [0.2, 0.25) is 0 Å². The maximum atomic E-state index is 9.88. The molecule has 0 aliphatic carbocycles. The molecule has 0 radical (unpaired) electrons. The zero-order chi connectivity index (χ0) is 14.2. The van der Waals surface area contributed by atoms with E-state index in [4.69, 9.17) is 4.74 Å². The average molecular weight is 271 g/mol. The molecule has 0 aromatic heterocycles. The number of aliphatic hydroxyl groups excluding tert-OH is 1. The van der Waals surface area contributed by atoms with Crippen LogP contribution in [0.15, 0.2) is 54.6 Å². The van der Waals surface area contributed by atoms with E-state index >= 15 is 0 Å². The monoisotopic (exact) mass is 271 g/mol. The van der Waals surface area contributed by atoms with Crippen LogP contribution in [0.25, 0.3) is 0 Å². The fourth-order valence-corrected chi connectivity index (χ4v) is 1.85. The van der Waals surface area contributed by atoms with E-state index in [-0.39, 0.29) is 0 Å². The summed E-state index contributed by atoms with van der Waals surface area (Å²) in [7, 11) is 0. The average Bonchev–Trinajstić information content (AvgIpc) is 2.48. The van der Waals surface area contributed by atoms with Gasteiger partial charge in [0.05, 0.1) is 6.10 Å². The summed E-state index contributed by atoms with van der Waals surface area (Å²) in [4.78, 5) is 0. The molecule has 20 heavy (non-hydrogen) atoms. The van der Waals surface area contributed by atoms with Crippen molar-refractivity contribution in [1.29, 1.82) is 0 Å². The van der Waals surface area contributed by atoms with Gasteiger partial charge in [-0.3, -0.25) is 0 Å². The molecular weight excluding hydrogens is 250 g/mol. The first-order chi connectivity index (χ1) is 9.74. The molecule has 0 heterocycles. The molecule has 1 atom stereocenters. The summed E-state index contributed by atoms with van der Waals surface area (Å²) in [5.41, 5.74) is 2.27. The van der Waals surface area contributed by atoms with Crippen LogP contribution in [0.1, 0.15) is 12.0 Å². The highest BCUT2D eigenvalue weighted by Crippen LogP contribution is 2.12. The molecule has 0 bridgehead atoms. The molecule has 106 valence electrons. The van der Waals surface area contributed by atoms with E-state index in [9.17, 15) is 5.11 Å². The Hall–Kier alpha value is -2.00. The lowest BCUT2D eigenvalue weighted by molar-refractivity contribution is 0.103. The second-order valence-corrected chi connectivity index (χ2v) is 4.86. The van der Waals surface area contributed by atoms with Gasteiger partial charge in [-0.05, 0) is 37.6 Å². The first-order valence-corrected chi connectivity index (χ1v) is 6.90. The number of anilines is 1. The third kappa shape index (κ3) is 4.94. The Balaban J connectivity index is 1.65. The summed E-state index contributed by atoms with van der Waals surface area (Å²) < 4.78 is 5.55. The van der Waals surface area contributed by atoms with Crippen molar-refractivity contribution in [2.24, 2.45) is 0 Å². The zero-order valence-electron chi connectivity index (χ0n) is 11.8. The summed E-state index contributed by atoms with van der Waals surface area (Å²) in [6.07, 6.45) is 0.188. The number of rotatable bonds is 7. The van der Waals surface area contributed by atoms with E-state index < -0.39 is 6.10 Å². The number of nitrogens with one attached hydrogen (secondary N) is 1. The van der Waals surface area contributed by atoms with Gasteiger partial charge in [-0.15, -0.1) is 0 Å². The third-order valence-electron chi connectivity index (χ3n) is 3.04. The molecule has 0 aliphatic heterocycles. The van der Waals surface area contributed by atoms with Crippen LogP contribution < -0.4 is 10.1 Å². The van der Waals surface area contributed by atoms with Gasteiger partial charge >= 0.3 is 0 Å². The normalized spacial score (nSPS) is 11.9.